The molecule has 0 aliphatic carbocycles. The fourth-order valence-electron chi connectivity index (χ4n) is 2.65. The molecule has 6 nitrogen and oxygen atoms in total. The third-order valence-electron chi connectivity index (χ3n) is 4.19. The monoisotopic (exact) mass is 377 g/mol. The van der Waals surface area contributed by atoms with E-state index in [1.165, 1.54) is 25.3 Å². The molecule has 1 aliphatic heterocycles. The maximum Gasteiger partial charge on any atom is 0.224 e. The molecule has 8 heteroatoms. The lowest BCUT2D eigenvalue weighted by Crippen LogP contribution is -2.28. The first-order valence-electron chi connectivity index (χ1n) is 8.75. The minimum Gasteiger partial charge on any atom is -0.435 e. The number of halogens is 2. The Labute approximate surface area is 156 Å². The van der Waals surface area contributed by atoms with E-state index in [-0.39, 0.29) is 29.6 Å². The number of hydrogen-bond acceptors (Lipinski definition) is 5. The van der Waals surface area contributed by atoms with Gasteiger partial charge in [0.25, 0.3) is 0 Å². The molecule has 2 heterocycles. The van der Waals surface area contributed by atoms with E-state index in [4.69, 9.17) is 9.57 Å². The van der Waals surface area contributed by atoms with Crippen molar-refractivity contribution in [3.63, 3.8) is 0 Å². The van der Waals surface area contributed by atoms with Crippen LogP contribution in [0.2, 0.25) is 0 Å². The van der Waals surface area contributed by atoms with Crippen LogP contribution >= 0.6 is 0 Å². The summed E-state index contributed by atoms with van der Waals surface area (Å²) in [5.41, 5.74) is 0.749. The Morgan fingerprint density at radius 1 is 1.33 bits per heavy atom. The van der Waals surface area contributed by atoms with Gasteiger partial charge in [0, 0.05) is 37.8 Å². The van der Waals surface area contributed by atoms with Crippen molar-refractivity contribution in [1.82, 2.24) is 15.4 Å². The number of pyridine rings is 1. The molecular weight excluding hydrogens is 356 g/mol. The van der Waals surface area contributed by atoms with E-state index < -0.39 is 11.6 Å². The maximum absolute atomic E-state index is 14.0. The third-order valence-corrected chi connectivity index (χ3v) is 4.19. The number of aryl methyl sites for hydroxylation is 1. The van der Waals surface area contributed by atoms with E-state index in [0.29, 0.717) is 25.1 Å². The number of rotatable bonds is 7. The fourth-order valence-corrected chi connectivity index (χ4v) is 2.65. The van der Waals surface area contributed by atoms with Crippen molar-refractivity contribution < 1.29 is 23.1 Å². The Hall–Kier alpha value is -2.58. The van der Waals surface area contributed by atoms with Crippen LogP contribution in [0.5, 0.6) is 11.6 Å². The van der Waals surface area contributed by atoms with E-state index in [9.17, 15) is 13.6 Å². The molecule has 2 aromatic rings. The first-order valence-corrected chi connectivity index (χ1v) is 8.75. The smallest absolute Gasteiger partial charge is 0.224 e. The Morgan fingerprint density at radius 3 is 2.96 bits per heavy atom. The molecule has 0 saturated carbocycles. The number of carbonyl (C=O) groups is 1. The summed E-state index contributed by atoms with van der Waals surface area (Å²) < 4.78 is 33.2. The van der Waals surface area contributed by atoms with Gasteiger partial charge in [-0.15, -0.1) is 0 Å². The quantitative estimate of drug-likeness (QED) is 0.803. The Morgan fingerprint density at radius 2 is 2.19 bits per heavy atom. The molecule has 0 unspecified atom stereocenters. The molecule has 3 rings (SSSR count). The van der Waals surface area contributed by atoms with Gasteiger partial charge < -0.3 is 10.1 Å². The van der Waals surface area contributed by atoms with Crippen molar-refractivity contribution in [3.05, 3.63) is 53.2 Å². The molecular formula is C19H21F2N3O3. The van der Waals surface area contributed by atoms with E-state index in [1.807, 2.05) is 0 Å². The predicted octanol–water partition coefficient (Wildman–Crippen LogP) is 3.10. The molecule has 1 aliphatic rings. The average molecular weight is 377 g/mol. The Kier molecular flexibility index (Phi) is 6.31. The molecule has 1 fully saturated rings. The van der Waals surface area contributed by atoms with Crippen molar-refractivity contribution in [2.45, 2.75) is 26.3 Å². The Bertz CT molecular complexity index is 811. The molecule has 1 N–H and O–H groups in total. The van der Waals surface area contributed by atoms with Crippen molar-refractivity contribution in [2.75, 3.05) is 19.7 Å². The van der Waals surface area contributed by atoms with Crippen LogP contribution in [0.4, 0.5) is 8.78 Å². The van der Waals surface area contributed by atoms with Crippen LogP contribution in [0, 0.1) is 18.6 Å². The van der Waals surface area contributed by atoms with Crippen molar-refractivity contribution in [2.24, 2.45) is 0 Å². The van der Waals surface area contributed by atoms with Crippen LogP contribution in [-0.2, 0) is 16.2 Å². The Balaban J connectivity index is 1.60. The highest BCUT2D eigenvalue weighted by Crippen LogP contribution is 2.28. The second-order valence-electron chi connectivity index (χ2n) is 6.22. The lowest BCUT2D eigenvalue weighted by atomic mass is 10.2. The van der Waals surface area contributed by atoms with Crippen molar-refractivity contribution in [1.29, 1.82) is 0 Å². The van der Waals surface area contributed by atoms with Crippen LogP contribution in [0.15, 0.2) is 30.5 Å². The molecule has 0 radical (unpaired) electrons. The van der Waals surface area contributed by atoms with Gasteiger partial charge in [0.1, 0.15) is 0 Å². The summed E-state index contributed by atoms with van der Waals surface area (Å²) in [7, 11) is 0. The summed E-state index contributed by atoms with van der Waals surface area (Å²) in [6, 6.07) is 6.16. The largest absolute Gasteiger partial charge is 0.435 e. The average Bonchev–Trinajstić information content (AvgIpc) is 3.19. The van der Waals surface area contributed by atoms with Crippen LogP contribution in [-0.4, -0.2) is 35.7 Å². The van der Waals surface area contributed by atoms with E-state index in [0.717, 1.165) is 13.0 Å². The molecule has 0 atom stereocenters. The molecule has 1 amide bonds. The summed E-state index contributed by atoms with van der Waals surface area (Å²) in [6.07, 6.45) is 2.75. The topological polar surface area (TPSA) is 63.7 Å². The number of carbonyl (C=O) groups excluding carboxylic acids is 1. The summed E-state index contributed by atoms with van der Waals surface area (Å²) in [5.74, 6) is -2.31. The molecule has 144 valence electrons. The number of benzene rings is 1. The second kappa shape index (κ2) is 8.88. The van der Waals surface area contributed by atoms with E-state index in [2.05, 4.69) is 10.3 Å². The first-order chi connectivity index (χ1) is 13.0. The van der Waals surface area contributed by atoms with Gasteiger partial charge in [0.15, 0.2) is 11.6 Å². The van der Waals surface area contributed by atoms with Crippen molar-refractivity contribution >= 4 is 5.91 Å². The number of ether oxygens (including phenoxy) is 1. The summed E-state index contributed by atoms with van der Waals surface area (Å²) in [6.45, 7) is 3.67. The van der Waals surface area contributed by atoms with Crippen molar-refractivity contribution in [3.8, 4) is 11.6 Å². The highest BCUT2D eigenvalue weighted by molar-refractivity contribution is 5.76. The molecule has 1 aromatic heterocycles. The summed E-state index contributed by atoms with van der Waals surface area (Å²) >= 11 is 0. The van der Waals surface area contributed by atoms with Gasteiger partial charge in [-0.1, -0.05) is 12.1 Å². The molecule has 1 aromatic carbocycles. The normalized spacial score (nSPS) is 14.3. The summed E-state index contributed by atoms with van der Waals surface area (Å²) in [5, 5.41) is 4.55. The van der Waals surface area contributed by atoms with E-state index in [1.54, 1.807) is 17.2 Å². The van der Waals surface area contributed by atoms with Crippen LogP contribution < -0.4 is 10.1 Å². The van der Waals surface area contributed by atoms with Gasteiger partial charge in [-0.05, 0) is 31.0 Å². The number of nitrogens with zero attached hydrogens (tertiary/aromatic N) is 2. The van der Waals surface area contributed by atoms with Crippen LogP contribution in [0.1, 0.15) is 24.0 Å². The number of aromatic nitrogens is 1. The van der Waals surface area contributed by atoms with E-state index >= 15 is 0 Å². The van der Waals surface area contributed by atoms with Gasteiger partial charge in [-0.2, -0.15) is 9.45 Å². The third kappa shape index (κ3) is 4.99. The number of hydrogen-bond donors (Lipinski definition) is 1. The molecule has 1 saturated heterocycles. The van der Waals surface area contributed by atoms with Crippen LogP contribution in [0.25, 0.3) is 0 Å². The predicted molar refractivity (Wildman–Crippen MR) is 94.0 cm³/mol. The summed E-state index contributed by atoms with van der Waals surface area (Å²) in [4.78, 5) is 21.4. The van der Waals surface area contributed by atoms with Gasteiger partial charge in [0.05, 0.1) is 6.61 Å². The standard InChI is InChI=1S/C19H21F2N3O3/c1-13-5-6-15(18(21)17(13)20)27-19-14(4-2-8-22-19)12-23-16(25)7-10-24-9-3-11-26-24/h2,4-6,8H,3,7,9-12H2,1H3,(H,23,25). The van der Waals surface area contributed by atoms with Gasteiger partial charge in [0.2, 0.25) is 17.6 Å². The van der Waals surface area contributed by atoms with Gasteiger partial charge in [-0.3, -0.25) is 9.63 Å². The zero-order chi connectivity index (χ0) is 19.2. The molecule has 27 heavy (non-hydrogen) atoms. The minimum absolute atomic E-state index is 0.114. The first kappa shape index (κ1) is 19.2. The minimum atomic E-state index is -1.07. The van der Waals surface area contributed by atoms with Gasteiger partial charge >= 0.3 is 0 Å². The highest BCUT2D eigenvalue weighted by Gasteiger charge is 2.16. The second-order valence-corrected chi connectivity index (χ2v) is 6.22. The molecule has 0 spiro atoms. The maximum atomic E-state index is 14.0. The fraction of sp³-hybridized carbons (Fsp3) is 0.368. The SMILES string of the molecule is Cc1ccc(Oc2ncccc2CNC(=O)CCN2CCCO2)c(F)c1F. The lowest BCUT2D eigenvalue weighted by Gasteiger charge is -2.14. The molecule has 0 bridgehead atoms. The number of hydroxylamine groups is 2. The zero-order valence-electron chi connectivity index (χ0n) is 15.0. The number of nitrogens with one attached hydrogen (secondary N) is 1. The van der Waals surface area contributed by atoms with Crippen LogP contribution in [0.3, 0.4) is 0 Å². The lowest BCUT2D eigenvalue weighted by molar-refractivity contribution is -0.130. The number of amides is 1. The van der Waals surface area contributed by atoms with Gasteiger partial charge in [-0.25, -0.2) is 9.37 Å². The zero-order valence-corrected chi connectivity index (χ0v) is 15.0. The highest BCUT2D eigenvalue weighted by atomic mass is 19.2.